The molecule has 0 heterocycles. The third-order valence-electron chi connectivity index (χ3n) is 5.52. The van der Waals surface area contributed by atoms with Crippen LogP contribution < -0.4 is 0 Å². The zero-order valence-corrected chi connectivity index (χ0v) is 12.1. The number of fused-ring (bicyclic) bond motifs is 1. The summed E-state index contributed by atoms with van der Waals surface area (Å²) < 4.78 is 0. The van der Waals surface area contributed by atoms with Gasteiger partial charge in [-0.1, -0.05) is 25.5 Å². The number of rotatable bonds is 2. The second-order valence-corrected chi connectivity index (χ2v) is 6.98. The third-order valence-corrected chi connectivity index (χ3v) is 5.52. The Morgan fingerprint density at radius 2 is 2.06 bits per heavy atom. The highest BCUT2D eigenvalue weighted by molar-refractivity contribution is 5.86. The number of hydrogen-bond acceptors (Lipinski definition) is 2. The molecule has 0 aliphatic heterocycles. The summed E-state index contributed by atoms with van der Waals surface area (Å²) in [5.41, 5.74) is 0.967. The van der Waals surface area contributed by atoms with E-state index in [0.29, 0.717) is 18.1 Å². The Bertz CT molecular complexity index is 381. The van der Waals surface area contributed by atoms with Crippen LogP contribution in [-0.2, 0) is 4.79 Å². The SMILES string of the molecule is CC(C)=CCC1(C)C(=O)CCC2(C)C(O)CCC12. The van der Waals surface area contributed by atoms with Crippen LogP contribution in [0.2, 0.25) is 0 Å². The van der Waals surface area contributed by atoms with Gasteiger partial charge in [0.2, 0.25) is 0 Å². The van der Waals surface area contributed by atoms with Crippen LogP contribution in [0.3, 0.4) is 0 Å². The van der Waals surface area contributed by atoms with Gasteiger partial charge in [-0.15, -0.1) is 0 Å². The Balaban J connectivity index is 2.32. The Kier molecular flexibility index (Phi) is 3.44. The van der Waals surface area contributed by atoms with Gasteiger partial charge in [0, 0.05) is 11.8 Å². The molecule has 0 saturated heterocycles. The maximum atomic E-state index is 12.4. The largest absolute Gasteiger partial charge is 0.393 e. The van der Waals surface area contributed by atoms with Crippen LogP contribution in [-0.4, -0.2) is 17.0 Å². The average Bonchev–Trinajstić information content (AvgIpc) is 2.60. The number of hydrogen-bond donors (Lipinski definition) is 1. The molecule has 4 atom stereocenters. The molecule has 2 aliphatic carbocycles. The van der Waals surface area contributed by atoms with Crippen molar-refractivity contribution in [2.24, 2.45) is 16.7 Å². The topological polar surface area (TPSA) is 37.3 Å². The molecule has 0 aromatic heterocycles. The minimum atomic E-state index is -0.262. The predicted molar refractivity (Wildman–Crippen MR) is 73.2 cm³/mol. The molecule has 0 radical (unpaired) electrons. The lowest BCUT2D eigenvalue weighted by Crippen LogP contribution is -2.49. The second kappa shape index (κ2) is 4.48. The Morgan fingerprint density at radius 3 is 2.67 bits per heavy atom. The van der Waals surface area contributed by atoms with Crippen molar-refractivity contribution in [3.8, 4) is 0 Å². The molecule has 2 fully saturated rings. The van der Waals surface area contributed by atoms with E-state index in [4.69, 9.17) is 0 Å². The van der Waals surface area contributed by atoms with E-state index in [2.05, 4.69) is 33.8 Å². The van der Waals surface area contributed by atoms with Crippen molar-refractivity contribution in [2.75, 3.05) is 0 Å². The number of carbonyl (C=O) groups is 1. The number of carbonyl (C=O) groups excluding carboxylic acids is 1. The first-order valence-corrected chi connectivity index (χ1v) is 7.15. The molecule has 0 bridgehead atoms. The molecule has 18 heavy (non-hydrogen) atoms. The second-order valence-electron chi connectivity index (χ2n) is 6.98. The van der Waals surface area contributed by atoms with Gasteiger partial charge in [-0.05, 0) is 50.9 Å². The Hall–Kier alpha value is -0.630. The zero-order valence-electron chi connectivity index (χ0n) is 12.1. The summed E-state index contributed by atoms with van der Waals surface area (Å²) in [6, 6.07) is 0. The minimum Gasteiger partial charge on any atom is -0.393 e. The molecule has 2 heteroatoms. The smallest absolute Gasteiger partial charge is 0.139 e. The molecule has 0 spiro atoms. The average molecular weight is 250 g/mol. The van der Waals surface area contributed by atoms with Gasteiger partial charge >= 0.3 is 0 Å². The first kappa shape index (κ1) is 13.8. The van der Waals surface area contributed by atoms with Gasteiger partial charge in [0.05, 0.1) is 6.10 Å². The van der Waals surface area contributed by atoms with E-state index in [9.17, 15) is 9.90 Å². The summed E-state index contributed by atoms with van der Waals surface area (Å²) in [6.45, 7) is 8.47. The molecule has 0 aromatic carbocycles. The summed E-state index contributed by atoms with van der Waals surface area (Å²) in [6.07, 6.45) is 6.16. The lowest BCUT2D eigenvalue weighted by molar-refractivity contribution is -0.142. The van der Waals surface area contributed by atoms with Gasteiger partial charge in [0.25, 0.3) is 0 Å². The quantitative estimate of drug-likeness (QED) is 0.762. The van der Waals surface area contributed by atoms with E-state index in [1.807, 2.05) is 0 Å². The highest BCUT2D eigenvalue weighted by atomic mass is 16.3. The molecule has 2 saturated carbocycles. The van der Waals surface area contributed by atoms with Crippen LogP contribution in [0.4, 0.5) is 0 Å². The summed E-state index contributed by atoms with van der Waals surface area (Å²) in [5.74, 6) is 0.744. The summed E-state index contributed by atoms with van der Waals surface area (Å²) in [4.78, 5) is 12.4. The summed E-state index contributed by atoms with van der Waals surface area (Å²) in [5, 5.41) is 10.3. The number of aliphatic hydroxyl groups excluding tert-OH is 1. The third kappa shape index (κ3) is 1.95. The first-order valence-electron chi connectivity index (χ1n) is 7.15. The highest BCUT2D eigenvalue weighted by Crippen LogP contribution is 2.59. The molecular formula is C16H26O2. The van der Waals surface area contributed by atoms with E-state index in [1.54, 1.807) is 0 Å². The lowest BCUT2D eigenvalue weighted by Gasteiger charge is -2.48. The molecule has 0 aromatic rings. The van der Waals surface area contributed by atoms with Crippen LogP contribution in [0.5, 0.6) is 0 Å². The fourth-order valence-electron chi connectivity index (χ4n) is 4.14. The highest BCUT2D eigenvalue weighted by Gasteiger charge is 2.58. The van der Waals surface area contributed by atoms with Crippen LogP contribution in [0.15, 0.2) is 11.6 Å². The zero-order chi connectivity index (χ0) is 13.6. The number of Topliss-reactive ketones (excluding diaryl/α,β-unsaturated/α-hetero) is 1. The van der Waals surface area contributed by atoms with Crippen molar-refractivity contribution in [1.82, 2.24) is 0 Å². The van der Waals surface area contributed by atoms with E-state index >= 15 is 0 Å². The maximum absolute atomic E-state index is 12.4. The van der Waals surface area contributed by atoms with Crippen molar-refractivity contribution in [3.05, 3.63) is 11.6 Å². The molecule has 0 amide bonds. The molecule has 102 valence electrons. The van der Waals surface area contributed by atoms with Crippen LogP contribution in [0, 0.1) is 16.7 Å². The normalized spacial score (nSPS) is 43.7. The summed E-state index contributed by atoms with van der Waals surface area (Å²) >= 11 is 0. The molecule has 2 nitrogen and oxygen atoms in total. The van der Waals surface area contributed by atoms with Gasteiger partial charge in [-0.3, -0.25) is 4.79 Å². The molecule has 2 aliphatic rings. The number of aliphatic hydroxyl groups is 1. The van der Waals surface area contributed by atoms with Crippen molar-refractivity contribution in [2.45, 2.75) is 65.9 Å². The number of ketones is 1. The van der Waals surface area contributed by atoms with Gasteiger partial charge in [-0.2, -0.15) is 0 Å². The van der Waals surface area contributed by atoms with Gasteiger partial charge in [0.1, 0.15) is 5.78 Å². The van der Waals surface area contributed by atoms with Crippen molar-refractivity contribution in [1.29, 1.82) is 0 Å². The van der Waals surface area contributed by atoms with Gasteiger partial charge in [-0.25, -0.2) is 0 Å². The Morgan fingerprint density at radius 1 is 1.39 bits per heavy atom. The van der Waals surface area contributed by atoms with Crippen LogP contribution >= 0.6 is 0 Å². The fourth-order valence-corrected chi connectivity index (χ4v) is 4.14. The van der Waals surface area contributed by atoms with E-state index in [0.717, 1.165) is 25.7 Å². The van der Waals surface area contributed by atoms with Crippen LogP contribution in [0.25, 0.3) is 0 Å². The lowest BCUT2D eigenvalue weighted by atomic mass is 9.55. The van der Waals surface area contributed by atoms with Gasteiger partial charge < -0.3 is 5.11 Å². The molecule has 1 N–H and O–H groups in total. The molecule has 4 unspecified atom stereocenters. The van der Waals surface area contributed by atoms with E-state index < -0.39 is 0 Å². The maximum Gasteiger partial charge on any atom is 0.139 e. The van der Waals surface area contributed by atoms with Crippen molar-refractivity contribution in [3.63, 3.8) is 0 Å². The van der Waals surface area contributed by atoms with Gasteiger partial charge in [0.15, 0.2) is 0 Å². The predicted octanol–water partition coefficient (Wildman–Crippen LogP) is 3.49. The molecule has 2 rings (SSSR count). The molecular weight excluding hydrogens is 224 g/mol. The van der Waals surface area contributed by atoms with Crippen LogP contribution in [0.1, 0.15) is 59.8 Å². The Labute approximate surface area is 110 Å². The monoisotopic (exact) mass is 250 g/mol. The first-order chi connectivity index (χ1) is 8.30. The van der Waals surface area contributed by atoms with Crippen molar-refractivity contribution >= 4 is 5.78 Å². The minimum absolute atomic E-state index is 0.0435. The fraction of sp³-hybridized carbons (Fsp3) is 0.812. The number of allylic oxidation sites excluding steroid dienone is 2. The standard InChI is InChI=1S/C16H26O2/c1-11(2)7-9-15(3)12-5-6-13(17)16(12,4)10-8-14(15)18/h7,12-13,17H,5-6,8-10H2,1-4H3. The van der Waals surface area contributed by atoms with E-state index in [-0.39, 0.29) is 16.9 Å². The van der Waals surface area contributed by atoms with Crippen molar-refractivity contribution < 1.29 is 9.90 Å². The van der Waals surface area contributed by atoms with E-state index in [1.165, 1.54) is 5.57 Å². The summed E-state index contributed by atoms with van der Waals surface area (Å²) in [7, 11) is 0.